The number of carboxylic acid groups (broad SMARTS) is 1. The summed E-state index contributed by atoms with van der Waals surface area (Å²) in [7, 11) is -9.73. The zero-order valence-electron chi connectivity index (χ0n) is 10.0. The molecule has 1 aromatic rings. The fourth-order valence-electron chi connectivity index (χ4n) is 1.14. The summed E-state index contributed by atoms with van der Waals surface area (Å²) in [4.78, 5) is 8.62. The molecule has 1 rings (SSSR count). The van der Waals surface area contributed by atoms with E-state index in [-0.39, 0.29) is 22.1 Å². The van der Waals surface area contributed by atoms with Gasteiger partial charge in [0.05, 0.1) is 0 Å². The Kier molecular flexibility index (Phi) is 3.87. The summed E-state index contributed by atoms with van der Waals surface area (Å²) in [6, 6.07) is 1.92. The minimum Gasteiger partial charge on any atom is -0.477 e. The molecule has 12 heteroatoms. The van der Waals surface area contributed by atoms with Gasteiger partial charge in [0.2, 0.25) is 0 Å². The highest BCUT2D eigenvalue weighted by Crippen LogP contribution is 3.02. The van der Waals surface area contributed by atoms with Crippen molar-refractivity contribution >= 4 is 28.0 Å². The van der Waals surface area contributed by atoms with E-state index >= 15 is 0 Å². The predicted octanol–water partition coefficient (Wildman–Crippen LogP) is 3.11. The van der Waals surface area contributed by atoms with Crippen LogP contribution in [0.5, 0.6) is 0 Å². The summed E-state index contributed by atoms with van der Waals surface area (Å²) in [6.07, 6.45) is 0. The Morgan fingerprint density at radius 2 is 1.62 bits per heavy atom. The summed E-state index contributed by atoms with van der Waals surface area (Å²) in [5.74, 6) is 3.53. The van der Waals surface area contributed by atoms with Gasteiger partial charge in [-0.25, -0.2) is 10.6 Å². The fourth-order valence-corrected chi connectivity index (χ4v) is 2.56. The zero-order chi connectivity index (χ0) is 16.5. The third-order valence-corrected chi connectivity index (χ3v) is 4.31. The normalized spacial score (nSPS) is 16.5. The second-order valence-electron chi connectivity index (χ2n) is 3.73. The largest absolute Gasteiger partial charge is 0.477 e. The van der Waals surface area contributed by atoms with E-state index in [1.165, 1.54) is 0 Å². The van der Waals surface area contributed by atoms with Crippen LogP contribution in [-0.4, -0.2) is 11.1 Å². The lowest BCUT2D eigenvalue weighted by Gasteiger charge is -2.40. The molecule has 0 aromatic heterocycles. The van der Waals surface area contributed by atoms with E-state index in [2.05, 4.69) is 0 Å². The number of hydrogen-bond donors (Lipinski definition) is 4. The lowest BCUT2D eigenvalue weighted by molar-refractivity contribution is -0.132. The van der Waals surface area contributed by atoms with Gasteiger partial charge >= 0.3 is 16.2 Å². The molecule has 0 spiro atoms. The number of benzene rings is 1. The highest BCUT2D eigenvalue weighted by Gasteiger charge is 2.65. The number of carbonyl (C=O) groups is 1. The molecule has 0 radical (unpaired) electrons. The van der Waals surface area contributed by atoms with Crippen molar-refractivity contribution in [3.8, 4) is 0 Å². The van der Waals surface area contributed by atoms with E-state index in [9.17, 15) is 24.2 Å². The molecule has 0 saturated heterocycles. The molecule has 1 aromatic carbocycles. The van der Waals surface area contributed by atoms with Gasteiger partial charge in [-0.05, 0) is 24.3 Å². The van der Waals surface area contributed by atoms with Crippen molar-refractivity contribution in [1.29, 1.82) is 0 Å². The number of nitrogens with two attached hydrogens (primary N) is 2. The van der Waals surface area contributed by atoms with Gasteiger partial charge in [-0.2, -0.15) is 0 Å². The lowest BCUT2D eigenvalue weighted by atomic mass is 10.4. The Hall–Kier alpha value is -1.66. The van der Waals surface area contributed by atoms with Crippen LogP contribution in [0.2, 0.25) is 0 Å². The van der Waals surface area contributed by atoms with Crippen molar-refractivity contribution in [3.63, 3.8) is 0 Å². The summed E-state index contributed by atoms with van der Waals surface area (Å²) < 4.78 is 62.5. The van der Waals surface area contributed by atoms with Crippen molar-refractivity contribution in [2.24, 2.45) is 11.6 Å². The van der Waals surface area contributed by atoms with Crippen molar-refractivity contribution in [2.45, 2.75) is 9.79 Å². The monoisotopic (exact) mass is 351 g/mol. The highest BCUT2D eigenvalue weighted by molar-refractivity contribution is 8.45. The van der Waals surface area contributed by atoms with Crippen LogP contribution in [0.15, 0.2) is 44.8 Å². The van der Waals surface area contributed by atoms with Gasteiger partial charge in [-0.15, -0.1) is 0 Å². The summed E-state index contributed by atoms with van der Waals surface area (Å²) in [6.45, 7) is 0. The van der Waals surface area contributed by atoms with E-state index in [4.69, 9.17) is 16.7 Å². The number of hydrogen-bond acceptors (Lipinski definition) is 5. The van der Waals surface area contributed by atoms with Crippen LogP contribution in [0.3, 0.4) is 0 Å². The van der Waals surface area contributed by atoms with Crippen molar-refractivity contribution in [1.82, 2.24) is 5.43 Å². The smallest absolute Gasteiger partial charge is 0.354 e. The van der Waals surface area contributed by atoms with Crippen LogP contribution in [0, 0.1) is 0 Å². The number of hydrazine groups is 1. The number of nitrogens with one attached hydrogen (secondary N) is 1. The maximum absolute atomic E-state index is 12.5. The number of aliphatic carboxylic acids is 1. The number of thioether (sulfide) groups is 1. The molecule has 0 heterocycles. The summed E-state index contributed by atoms with van der Waals surface area (Å²) in [5.41, 5.74) is 6.48. The second-order valence-corrected chi connectivity index (χ2v) is 7.23. The minimum absolute atomic E-state index is 0.0396. The molecule has 0 aliphatic carbocycles. The van der Waals surface area contributed by atoms with Gasteiger partial charge in [0.15, 0.2) is 0 Å². The number of carboxylic acids is 1. The molecule has 0 bridgehead atoms. The van der Waals surface area contributed by atoms with Crippen molar-refractivity contribution < 1.29 is 29.3 Å². The topological polar surface area (TPSA) is 101 Å². The van der Waals surface area contributed by atoms with Crippen molar-refractivity contribution in [3.05, 3.63) is 35.0 Å². The van der Waals surface area contributed by atoms with Crippen LogP contribution >= 0.6 is 22.0 Å². The Morgan fingerprint density at radius 3 is 1.95 bits per heavy atom. The van der Waals surface area contributed by atoms with Crippen LogP contribution in [-0.2, 0) is 4.79 Å². The average molecular weight is 351 g/mol. The summed E-state index contributed by atoms with van der Waals surface area (Å²) >= 11 is 0.581. The Balaban J connectivity index is 3.11. The first-order valence-electron chi connectivity index (χ1n) is 4.96. The Morgan fingerprint density at radius 1 is 1.14 bits per heavy atom. The van der Waals surface area contributed by atoms with Gasteiger partial charge in [0.25, 0.3) is 0 Å². The zero-order valence-corrected chi connectivity index (χ0v) is 11.7. The SMILES string of the molecule is NN/C(Sc1ccc(S(F)(F)(F)(F)F)cc1)=C(\N)C(=O)O. The second kappa shape index (κ2) is 4.68. The van der Waals surface area contributed by atoms with Gasteiger partial charge in [0, 0.05) is 4.90 Å². The molecule has 0 amide bonds. The molecular formula is C9H10F5N3O2S2. The molecule has 6 N–H and O–H groups in total. The highest BCUT2D eigenvalue weighted by atomic mass is 32.5. The van der Waals surface area contributed by atoms with E-state index in [0.717, 1.165) is 12.1 Å². The lowest BCUT2D eigenvalue weighted by Crippen LogP contribution is -2.26. The first kappa shape index (κ1) is 17.4. The molecule has 0 unspecified atom stereocenters. The first-order valence-corrected chi connectivity index (χ1v) is 7.73. The van der Waals surface area contributed by atoms with E-state index in [0.29, 0.717) is 11.8 Å². The average Bonchev–Trinajstić information content (AvgIpc) is 2.32. The Bertz CT molecular complexity index is 600. The van der Waals surface area contributed by atoms with Gasteiger partial charge < -0.3 is 16.3 Å². The minimum atomic E-state index is -9.73. The van der Waals surface area contributed by atoms with Gasteiger partial charge in [-0.1, -0.05) is 31.2 Å². The standard InChI is InChI=1S/C9H10F5N3O2S2/c10-21(11,12,13,14)6-3-1-5(2-4-6)20-8(17-16)7(15)9(18)19/h1-4,17H,15-16H2,(H,18,19)/b8-7+. The van der Waals surface area contributed by atoms with Crippen LogP contribution in [0.25, 0.3) is 0 Å². The number of halogens is 5. The predicted molar refractivity (Wildman–Crippen MR) is 69.9 cm³/mol. The fraction of sp³-hybridized carbons (Fsp3) is 0. The van der Waals surface area contributed by atoms with Gasteiger partial charge in [-0.3, -0.25) is 0 Å². The van der Waals surface area contributed by atoms with Gasteiger partial charge in [0.1, 0.15) is 15.6 Å². The molecule has 5 nitrogen and oxygen atoms in total. The third-order valence-electron chi connectivity index (χ3n) is 2.10. The molecule has 0 atom stereocenters. The maximum atomic E-state index is 12.5. The van der Waals surface area contributed by atoms with E-state index in [1.807, 2.05) is 5.43 Å². The molecule has 0 fully saturated rings. The molecule has 21 heavy (non-hydrogen) atoms. The molecule has 120 valence electrons. The third kappa shape index (κ3) is 4.68. The maximum Gasteiger partial charge on any atom is 0.354 e. The van der Waals surface area contributed by atoms with Crippen LogP contribution in [0.1, 0.15) is 0 Å². The quantitative estimate of drug-likeness (QED) is 0.214. The van der Waals surface area contributed by atoms with Crippen LogP contribution in [0.4, 0.5) is 19.4 Å². The molecule has 0 aliphatic heterocycles. The molecule has 0 aliphatic rings. The first-order chi connectivity index (χ1) is 9.24. The molecular weight excluding hydrogens is 341 g/mol. The van der Waals surface area contributed by atoms with Crippen LogP contribution < -0.4 is 17.0 Å². The van der Waals surface area contributed by atoms with E-state index < -0.39 is 26.8 Å². The Labute approximate surface area is 119 Å². The number of rotatable bonds is 5. The molecule has 0 saturated carbocycles. The van der Waals surface area contributed by atoms with Crippen molar-refractivity contribution in [2.75, 3.05) is 0 Å². The van der Waals surface area contributed by atoms with E-state index in [1.54, 1.807) is 0 Å². The summed E-state index contributed by atoms with van der Waals surface area (Å²) in [5, 5.41) is 8.40.